The molecule has 6 heteroatoms. The van der Waals surface area contributed by atoms with Crippen molar-refractivity contribution in [2.45, 2.75) is 13.1 Å². The highest BCUT2D eigenvalue weighted by molar-refractivity contribution is 5.97. The van der Waals surface area contributed by atoms with Crippen LogP contribution in [0.25, 0.3) is 11.0 Å². The Balaban J connectivity index is 1.71. The van der Waals surface area contributed by atoms with E-state index in [4.69, 9.17) is 13.9 Å². The van der Waals surface area contributed by atoms with Crippen molar-refractivity contribution in [1.82, 2.24) is 4.90 Å². The molecule has 1 amide bonds. The molecule has 0 atom stereocenters. The number of hydrogen-bond donors (Lipinski definition) is 0. The molecule has 4 aromatic rings. The number of para-hydroxylation sites is 1. The van der Waals surface area contributed by atoms with Gasteiger partial charge < -0.3 is 18.8 Å². The number of ether oxygens (including phenoxy) is 2. The summed E-state index contributed by atoms with van der Waals surface area (Å²) in [6.07, 6.45) is 0. The molecule has 1 aromatic heterocycles. The molecular formula is C26H23NO5. The van der Waals surface area contributed by atoms with Gasteiger partial charge in [0.2, 0.25) is 0 Å². The first-order valence-electron chi connectivity index (χ1n) is 10.2. The fourth-order valence-corrected chi connectivity index (χ4v) is 3.55. The van der Waals surface area contributed by atoms with Gasteiger partial charge in [-0.05, 0) is 35.4 Å². The zero-order valence-electron chi connectivity index (χ0n) is 17.9. The molecule has 0 saturated heterocycles. The van der Waals surface area contributed by atoms with E-state index in [1.807, 2.05) is 54.6 Å². The number of hydrogen-bond acceptors (Lipinski definition) is 5. The minimum Gasteiger partial charge on any atom is -0.497 e. The normalized spacial score (nSPS) is 10.7. The first-order valence-corrected chi connectivity index (χ1v) is 10.2. The number of carbonyl (C=O) groups is 1. The van der Waals surface area contributed by atoms with Crippen LogP contribution in [0.5, 0.6) is 11.5 Å². The molecule has 0 bridgehead atoms. The fraction of sp³-hybridized carbons (Fsp3) is 0.154. The van der Waals surface area contributed by atoms with Crippen molar-refractivity contribution in [1.29, 1.82) is 0 Å². The predicted molar refractivity (Wildman–Crippen MR) is 122 cm³/mol. The average molecular weight is 429 g/mol. The maximum absolute atomic E-state index is 13.5. The maximum atomic E-state index is 13.5. The van der Waals surface area contributed by atoms with Gasteiger partial charge in [-0.3, -0.25) is 4.79 Å². The third-order valence-electron chi connectivity index (χ3n) is 5.21. The SMILES string of the molecule is COc1ccc(CN(Cc2ccccc2)C(=O)c2cc3cccc(OC)c3oc2=O)cc1. The molecule has 0 aliphatic rings. The fourth-order valence-electron chi connectivity index (χ4n) is 3.55. The van der Waals surface area contributed by atoms with Crippen molar-refractivity contribution in [3.05, 3.63) is 106 Å². The molecule has 0 aliphatic carbocycles. The van der Waals surface area contributed by atoms with Crippen LogP contribution in [-0.4, -0.2) is 25.0 Å². The van der Waals surface area contributed by atoms with Gasteiger partial charge in [0.15, 0.2) is 11.3 Å². The zero-order chi connectivity index (χ0) is 22.5. The van der Waals surface area contributed by atoms with Gasteiger partial charge in [0, 0.05) is 18.5 Å². The van der Waals surface area contributed by atoms with Crippen LogP contribution in [0.3, 0.4) is 0 Å². The zero-order valence-corrected chi connectivity index (χ0v) is 17.9. The lowest BCUT2D eigenvalue weighted by molar-refractivity contribution is 0.0726. The summed E-state index contributed by atoms with van der Waals surface area (Å²) in [6.45, 7) is 0.675. The van der Waals surface area contributed by atoms with Crippen molar-refractivity contribution >= 4 is 16.9 Å². The van der Waals surface area contributed by atoms with Gasteiger partial charge in [0.1, 0.15) is 11.3 Å². The Morgan fingerprint density at radius 1 is 0.844 bits per heavy atom. The molecule has 162 valence electrons. The van der Waals surface area contributed by atoms with Crippen LogP contribution in [0.2, 0.25) is 0 Å². The molecule has 6 nitrogen and oxygen atoms in total. The second kappa shape index (κ2) is 9.39. The summed E-state index contributed by atoms with van der Waals surface area (Å²) in [5.41, 5.74) is 1.49. The van der Waals surface area contributed by atoms with E-state index in [1.54, 1.807) is 36.3 Å². The van der Waals surface area contributed by atoms with Gasteiger partial charge in [-0.2, -0.15) is 0 Å². The van der Waals surface area contributed by atoms with Crippen LogP contribution in [0.4, 0.5) is 0 Å². The van der Waals surface area contributed by atoms with Gasteiger partial charge in [0.25, 0.3) is 5.91 Å². The largest absolute Gasteiger partial charge is 0.497 e. The Hall–Kier alpha value is -4.06. The highest BCUT2D eigenvalue weighted by atomic mass is 16.5. The number of rotatable bonds is 7. The summed E-state index contributed by atoms with van der Waals surface area (Å²) in [5, 5.41) is 0.622. The molecular weight excluding hydrogens is 406 g/mol. The second-order valence-corrected chi connectivity index (χ2v) is 7.32. The average Bonchev–Trinajstić information content (AvgIpc) is 2.83. The second-order valence-electron chi connectivity index (χ2n) is 7.32. The number of carbonyl (C=O) groups excluding carboxylic acids is 1. The molecule has 0 spiro atoms. The Kier molecular flexibility index (Phi) is 6.22. The number of methoxy groups -OCH3 is 2. The Bertz CT molecular complexity index is 1280. The Morgan fingerprint density at radius 3 is 2.19 bits per heavy atom. The topological polar surface area (TPSA) is 69.0 Å². The molecule has 0 radical (unpaired) electrons. The lowest BCUT2D eigenvalue weighted by Gasteiger charge is -2.23. The number of benzene rings is 3. The number of nitrogens with zero attached hydrogens (tertiary/aromatic N) is 1. The van der Waals surface area contributed by atoms with E-state index < -0.39 is 11.5 Å². The van der Waals surface area contributed by atoms with Crippen LogP contribution in [0.15, 0.2) is 88.1 Å². The summed E-state index contributed by atoms with van der Waals surface area (Å²) in [4.78, 5) is 27.9. The van der Waals surface area contributed by atoms with Gasteiger partial charge >= 0.3 is 5.63 Å². The monoisotopic (exact) mass is 429 g/mol. The molecule has 32 heavy (non-hydrogen) atoms. The summed E-state index contributed by atoms with van der Waals surface area (Å²) in [7, 11) is 3.11. The van der Waals surface area contributed by atoms with E-state index >= 15 is 0 Å². The molecule has 0 saturated carbocycles. The van der Waals surface area contributed by atoms with Gasteiger partial charge in [-0.25, -0.2) is 4.79 Å². The highest BCUT2D eigenvalue weighted by Crippen LogP contribution is 2.25. The summed E-state index contributed by atoms with van der Waals surface area (Å²) < 4.78 is 16.0. The van der Waals surface area contributed by atoms with Gasteiger partial charge in [0.05, 0.1) is 14.2 Å². The molecule has 1 heterocycles. The van der Waals surface area contributed by atoms with Crippen molar-refractivity contribution in [2.75, 3.05) is 14.2 Å². The van der Waals surface area contributed by atoms with Crippen LogP contribution in [0, 0.1) is 0 Å². The Labute approximate surface area is 185 Å². The molecule has 0 aliphatic heterocycles. The molecule has 0 fully saturated rings. The third-order valence-corrected chi connectivity index (χ3v) is 5.21. The predicted octanol–water partition coefficient (Wildman–Crippen LogP) is 4.65. The third kappa shape index (κ3) is 4.49. The van der Waals surface area contributed by atoms with Gasteiger partial charge in [-0.1, -0.05) is 54.6 Å². The van der Waals surface area contributed by atoms with Gasteiger partial charge in [-0.15, -0.1) is 0 Å². The van der Waals surface area contributed by atoms with E-state index in [9.17, 15) is 9.59 Å². The summed E-state index contributed by atoms with van der Waals surface area (Å²) in [5.74, 6) is 0.778. The van der Waals surface area contributed by atoms with Crippen molar-refractivity contribution < 1.29 is 18.7 Å². The summed E-state index contributed by atoms with van der Waals surface area (Å²) >= 11 is 0. The van der Waals surface area contributed by atoms with Crippen molar-refractivity contribution in [3.8, 4) is 11.5 Å². The number of amides is 1. The van der Waals surface area contributed by atoms with E-state index in [1.165, 1.54) is 7.11 Å². The highest BCUT2D eigenvalue weighted by Gasteiger charge is 2.22. The van der Waals surface area contributed by atoms with E-state index in [0.29, 0.717) is 29.8 Å². The minimum atomic E-state index is -0.695. The van der Waals surface area contributed by atoms with E-state index in [2.05, 4.69) is 0 Å². The van der Waals surface area contributed by atoms with Crippen molar-refractivity contribution in [2.24, 2.45) is 0 Å². The van der Waals surface area contributed by atoms with Crippen LogP contribution >= 0.6 is 0 Å². The van der Waals surface area contributed by atoms with Crippen LogP contribution in [0.1, 0.15) is 21.5 Å². The molecule has 3 aromatic carbocycles. The van der Waals surface area contributed by atoms with E-state index in [-0.39, 0.29) is 5.56 Å². The van der Waals surface area contributed by atoms with Crippen LogP contribution in [-0.2, 0) is 13.1 Å². The number of fused-ring (bicyclic) bond motifs is 1. The maximum Gasteiger partial charge on any atom is 0.349 e. The lowest BCUT2D eigenvalue weighted by Crippen LogP contribution is -2.33. The quantitative estimate of drug-likeness (QED) is 0.400. The van der Waals surface area contributed by atoms with Crippen LogP contribution < -0.4 is 15.1 Å². The lowest BCUT2D eigenvalue weighted by atomic mass is 10.1. The minimum absolute atomic E-state index is 0.0183. The molecule has 4 rings (SSSR count). The smallest absolute Gasteiger partial charge is 0.349 e. The standard InChI is InChI=1S/C26H23NO5/c1-30-21-13-11-19(12-14-21)17-27(16-18-7-4-3-5-8-18)25(28)22-15-20-9-6-10-23(31-2)24(20)32-26(22)29/h3-15H,16-17H2,1-2H3. The first kappa shape index (κ1) is 21.2. The molecule has 0 N–H and O–H groups in total. The molecule has 0 unspecified atom stereocenters. The summed E-state index contributed by atoms with van der Waals surface area (Å²) in [6, 6.07) is 24.0. The van der Waals surface area contributed by atoms with E-state index in [0.717, 1.165) is 16.9 Å². The Morgan fingerprint density at radius 2 is 1.53 bits per heavy atom. The van der Waals surface area contributed by atoms with Crippen molar-refractivity contribution in [3.63, 3.8) is 0 Å². The first-order chi connectivity index (χ1) is 15.6.